The van der Waals surface area contributed by atoms with Gasteiger partial charge in [-0.15, -0.1) is 0 Å². The highest BCUT2D eigenvalue weighted by Crippen LogP contribution is 2.32. The average molecular weight is 449 g/mol. The van der Waals surface area contributed by atoms with Crippen LogP contribution in [0.25, 0.3) is 11.0 Å². The summed E-state index contributed by atoms with van der Waals surface area (Å²) in [5.74, 6) is 0.296. The predicted octanol–water partition coefficient (Wildman–Crippen LogP) is 5.80. The lowest BCUT2D eigenvalue weighted by Gasteiger charge is -2.12. The van der Waals surface area contributed by atoms with Crippen molar-refractivity contribution in [2.45, 2.75) is 33.6 Å². The van der Waals surface area contributed by atoms with E-state index in [1.165, 1.54) is 19.2 Å². The summed E-state index contributed by atoms with van der Waals surface area (Å²) in [5.41, 5.74) is 5.22. The fraction of sp³-hybridized carbons (Fsp3) is 0.391. The van der Waals surface area contributed by atoms with Crippen molar-refractivity contribution in [2.75, 3.05) is 19.0 Å². The smallest absolute Gasteiger partial charge is 0.175 e. The molecular weight excluding hydrogens is 419 g/mol. The summed E-state index contributed by atoms with van der Waals surface area (Å²) in [6.07, 6.45) is 4.84. The van der Waals surface area contributed by atoms with E-state index in [0.717, 1.165) is 18.1 Å². The molecule has 2 aromatic carbocycles. The number of imidazole rings is 1. The first-order chi connectivity index (χ1) is 14.9. The van der Waals surface area contributed by atoms with Gasteiger partial charge in [0.1, 0.15) is 5.52 Å². The second-order valence-corrected chi connectivity index (χ2v) is 7.47. The largest absolute Gasteiger partial charge is 0.351 e. The molecule has 1 aliphatic carbocycles. The number of halogens is 2. The van der Waals surface area contributed by atoms with E-state index in [0.29, 0.717) is 22.5 Å². The number of nitrogens with zero attached hydrogens (tertiary/aromatic N) is 2. The number of hydrogen-bond acceptors (Lipinski definition) is 5. The second kappa shape index (κ2) is 11.8. The highest BCUT2D eigenvalue weighted by atomic mass is 35.5. The maximum Gasteiger partial charge on any atom is 0.175 e. The molecule has 0 spiro atoms. The molecule has 1 heterocycles. The molecule has 168 valence electrons. The summed E-state index contributed by atoms with van der Waals surface area (Å²) in [6.45, 7) is 6.81. The van der Waals surface area contributed by atoms with Crippen LogP contribution in [-0.4, -0.2) is 29.5 Å². The van der Waals surface area contributed by atoms with Gasteiger partial charge < -0.3 is 14.7 Å². The number of carbonyl (C=O) groups is 1. The van der Waals surface area contributed by atoms with Crippen LogP contribution in [0.3, 0.4) is 0 Å². The van der Waals surface area contributed by atoms with E-state index in [1.54, 1.807) is 36.9 Å². The third kappa shape index (κ3) is 6.50. The summed E-state index contributed by atoms with van der Waals surface area (Å²) in [7, 11) is 3.54. The van der Waals surface area contributed by atoms with Gasteiger partial charge in [0.15, 0.2) is 12.1 Å². The Hall–Kier alpha value is -2.48. The maximum absolute atomic E-state index is 14.7. The van der Waals surface area contributed by atoms with Gasteiger partial charge in [-0.2, -0.15) is 0 Å². The second-order valence-electron chi connectivity index (χ2n) is 7.06. The average Bonchev–Trinajstić information content (AvgIpc) is 3.53. The lowest BCUT2D eigenvalue weighted by atomic mass is 10.1. The Morgan fingerprint density at radius 2 is 2.03 bits per heavy atom. The Balaban J connectivity index is 0.000000319. The monoisotopic (exact) mass is 448 g/mol. The number of rotatable bonds is 6. The van der Waals surface area contributed by atoms with Gasteiger partial charge in [0.25, 0.3) is 0 Å². The van der Waals surface area contributed by atoms with Crippen LogP contribution < -0.4 is 10.8 Å². The maximum atomic E-state index is 14.7. The van der Waals surface area contributed by atoms with Gasteiger partial charge in [0.2, 0.25) is 0 Å². The van der Waals surface area contributed by atoms with Crippen molar-refractivity contribution in [1.82, 2.24) is 15.0 Å². The van der Waals surface area contributed by atoms with Gasteiger partial charge in [0, 0.05) is 19.7 Å². The van der Waals surface area contributed by atoms with E-state index in [9.17, 15) is 9.18 Å². The molecule has 6 nitrogen and oxygen atoms in total. The molecule has 0 amide bonds. The van der Waals surface area contributed by atoms with Crippen molar-refractivity contribution in [3.63, 3.8) is 0 Å². The first-order valence-electron chi connectivity index (χ1n) is 10.3. The van der Waals surface area contributed by atoms with Crippen LogP contribution in [0, 0.1) is 18.7 Å². The summed E-state index contributed by atoms with van der Waals surface area (Å²) >= 11 is 6.16. The highest BCUT2D eigenvalue weighted by molar-refractivity contribution is 6.33. The molecule has 1 aliphatic rings. The van der Waals surface area contributed by atoms with Gasteiger partial charge in [-0.25, -0.2) is 14.9 Å². The quantitative estimate of drug-likeness (QED) is 0.368. The first-order valence-corrected chi connectivity index (χ1v) is 10.7. The first kappa shape index (κ1) is 24.8. The number of fused-ring (bicyclic) bond motifs is 1. The minimum absolute atomic E-state index is 0.0759. The molecule has 1 saturated carbocycles. The third-order valence-corrected chi connectivity index (χ3v) is 4.98. The van der Waals surface area contributed by atoms with E-state index in [2.05, 4.69) is 15.8 Å². The Kier molecular flexibility index (Phi) is 9.43. The van der Waals surface area contributed by atoms with Crippen LogP contribution >= 0.6 is 11.6 Å². The zero-order valence-corrected chi connectivity index (χ0v) is 19.4. The van der Waals surface area contributed by atoms with Crippen molar-refractivity contribution in [1.29, 1.82) is 0 Å². The van der Waals surface area contributed by atoms with Crippen molar-refractivity contribution < 1.29 is 14.0 Å². The van der Waals surface area contributed by atoms with Crippen LogP contribution in [0.4, 0.5) is 15.8 Å². The molecule has 2 N–H and O–H groups in total. The van der Waals surface area contributed by atoms with Crippen LogP contribution in [0.15, 0.2) is 30.6 Å². The molecule has 0 radical (unpaired) electrons. The normalized spacial score (nSPS) is 12.5. The summed E-state index contributed by atoms with van der Waals surface area (Å²) in [4.78, 5) is 20.3. The number of nitrogens with one attached hydrogen (secondary N) is 2. The van der Waals surface area contributed by atoms with Crippen molar-refractivity contribution in [3.05, 3.63) is 52.6 Å². The summed E-state index contributed by atoms with van der Waals surface area (Å²) in [5, 5.41) is 3.36. The molecule has 31 heavy (non-hydrogen) atoms. The molecule has 8 heteroatoms. The van der Waals surface area contributed by atoms with E-state index in [1.807, 2.05) is 26.8 Å². The molecule has 1 fully saturated rings. The molecule has 0 aliphatic heterocycles. The Labute approximate surface area is 187 Å². The molecule has 0 saturated heterocycles. The Bertz CT molecular complexity index is 1020. The van der Waals surface area contributed by atoms with Gasteiger partial charge >= 0.3 is 0 Å². The highest BCUT2D eigenvalue weighted by Gasteiger charge is 2.20. The fourth-order valence-electron chi connectivity index (χ4n) is 2.81. The molecule has 3 aromatic rings. The molecule has 0 atom stereocenters. The Morgan fingerprint density at radius 3 is 2.61 bits per heavy atom. The van der Waals surface area contributed by atoms with E-state index in [-0.39, 0.29) is 16.8 Å². The number of aromatic nitrogens is 2. The number of hydroxylamine groups is 1. The molecular formula is C23H30ClFN4O2. The van der Waals surface area contributed by atoms with Gasteiger partial charge in [-0.1, -0.05) is 31.5 Å². The molecule has 0 unspecified atom stereocenters. The molecule has 1 aromatic heterocycles. The van der Waals surface area contributed by atoms with Crippen LogP contribution in [0.1, 0.15) is 42.6 Å². The lowest BCUT2D eigenvalue weighted by Crippen LogP contribution is -2.08. The van der Waals surface area contributed by atoms with Crippen molar-refractivity contribution in [3.8, 4) is 0 Å². The van der Waals surface area contributed by atoms with E-state index in [4.69, 9.17) is 16.4 Å². The minimum Gasteiger partial charge on any atom is -0.351 e. The molecule has 4 rings (SSSR count). The van der Waals surface area contributed by atoms with E-state index < -0.39 is 5.82 Å². The number of aldehydes is 1. The number of aryl methyl sites for hydroxylation is 2. The zero-order chi connectivity index (χ0) is 23.0. The number of hydrogen-bond donors (Lipinski definition) is 2. The summed E-state index contributed by atoms with van der Waals surface area (Å²) < 4.78 is 16.3. The fourth-order valence-corrected chi connectivity index (χ4v) is 3.09. The topological polar surface area (TPSA) is 68.2 Å². The standard InChI is InChI=1S/C16H13ClFN3O.C5H11NO.C2H6/c1-9-3-4-12(11(17)5-9)20-15-10(7-22)6-13-16(14(15)18)19-8-21(13)2;1-6-7-4-5-2-3-5;1-2/h3-8,20H,1-2H3;5-6H,2-4H2,1H3;1-2H3. The SMILES string of the molecule is CC.CNOCC1CC1.Cc1ccc(Nc2c(C=O)cc3c(ncn3C)c2F)c(Cl)c1. The molecule has 0 bridgehead atoms. The van der Waals surface area contributed by atoms with E-state index >= 15 is 0 Å². The van der Waals surface area contributed by atoms with Crippen LogP contribution in [0.5, 0.6) is 0 Å². The lowest BCUT2D eigenvalue weighted by molar-refractivity contribution is 0.0501. The van der Waals surface area contributed by atoms with Gasteiger partial charge in [0.05, 0.1) is 34.8 Å². The zero-order valence-electron chi connectivity index (χ0n) is 18.6. The predicted molar refractivity (Wildman–Crippen MR) is 125 cm³/mol. The van der Waals surface area contributed by atoms with Crippen molar-refractivity contribution in [2.24, 2.45) is 13.0 Å². The Morgan fingerprint density at radius 1 is 1.32 bits per heavy atom. The third-order valence-electron chi connectivity index (χ3n) is 4.66. The van der Waals surface area contributed by atoms with Crippen LogP contribution in [-0.2, 0) is 11.9 Å². The summed E-state index contributed by atoms with van der Waals surface area (Å²) in [6, 6.07) is 6.96. The number of anilines is 2. The van der Waals surface area contributed by atoms with Crippen molar-refractivity contribution >= 4 is 40.3 Å². The van der Waals surface area contributed by atoms with Gasteiger partial charge in [-0.05, 0) is 49.4 Å². The van der Waals surface area contributed by atoms with Crippen LogP contribution in [0.2, 0.25) is 5.02 Å². The number of benzene rings is 2. The minimum atomic E-state index is -0.572. The van der Waals surface area contributed by atoms with Gasteiger partial charge in [-0.3, -0.25) is 4.79 Å². The number of carbonyl (C=O) groups excluding carboxylic acids is 1.